The molecule has 29 heavy (non-hydrogen) atoms. The fourth-order valence-corrected chi connectivity index (χ4v) is 2.61. The van der Waals surface area contributed by atoms with E-state index in [1.165, 1.54) is 6.92 Å². The lowest BCUT2D eigenvalue weighted by atomic mass is 10.0. The number of amides is 2. The zero-order valence-electron chi connectivity index (χ0n) is 15.9. The molecule has 3 atom stereocenters. The summed E-state index contributed by atoms with van der Waals surface area (Å²) in [5.41, 5.74) is 1.55. The second kappa shape index (κ2) is 10.8. The van der Waals surface area contributed by atoms with Gasteiger partial charge < -0.3 is 25.6 Å². The summed E-state index contributed by atoms with van der Waals surface area (Å²) >= 11 is 0. The molecule has 8 nitrogen and oxygen atoms in total. The fraction of sp³-hybridized carbons (Fsp3) is 0.286. The van der Waals surface area contributed by atoms with Gasteiger partial charge in [-0.25, -0.2) is 9.59 Å². The van der Waals surface area contributed by atoms with Crippen molar-refractivity contribution in [1.29, 1.82) is 0 Å². The lowest BCUT2D eigenvalue weighted by Gasteiger charge is -2.22. The van der Waals surface area contributed by atoms with Crippen LogP contribution in [0.1, 0.15) is 18.1 Å². The van der Waals surface area contributed by atoms with Crippen LogP contribution in [0.4, 0.5) is 4.79 Å². The van der Waals surface area contributed by atoms with Crippen LogP contribution in [0.5, 0.6) is 0 Å². The molecule has 0 aliphatic carbocycles. The third-order valence-corrected chi connectivity index (χ3v) is 4.15. The Morgan fingerprint density at radius 3 is 2.00 bits per heavy atom. The van der Waals surface area contributed by atoms with E-state index in [4.69, 9.17) is 9.84 Å². The maximum Gasteiger partial charge on any atom is 0.408 e. The van der Waals surface area contributed by atoms with Crippen LogP contribution in [0.2, 0.25) is 0 Å². The number of alkyl carbamates (subject to hydrolysis) is 1. The van der Waals surface area contributed by atoms with Gasteiger partial charge in [0.2, 0.25) is 5.91 Å². The molecule has 0 saturated carbocycles. The third-order valence-electron chi connectivity index (χ3n) is 4.15. The summed E-state index contributed by atoms with van der Waals surface area (Å²) in [7, 11) is 0. The SMILES string of the molecule is C[C@H](O)[C@H](NC(=O)[C@H](Cc1ccccc1)NC(=O)OCc1ccccc1)C(=O)O. The predicted molar refractivity (Wildman–Crippen MR) is 105 cm³/mol. The normalized spacial score (nSPS) is 13.6. The highest BCUT2D eigenvalue weighted by Crippen LogP contribution is 2.06. The summed E-state index contributed by atoms with van der Waals surface area (Å²) in [6, 6.07) is 15.4. The number of aliphatic hydroxyl groups excluding tert-OH is 1. The second-order valence-electron chi connectivity index (χ2n) is 6.51. The molecule has 0 aliphatic rings. The summed E-state index contributed by atoms with van der Waals surface area (Å²) in [4.78, 5) is 36.1. The molecule has 0 heterocycles. The van der Waals surface area contributed by atoms with Crippen LogP contribution in [-0.4, -0.2) is 46.4 Å². The average molecular weight is 400 g/mol. The molecule has 2 aromatic rings. The molecule has 2 amide bonds. The number of carboxylic acid groups (broad SMARTS) is 1. The van der Waals surface area contributed by atoms with E-state index < -0.39 is 36.2 Å². The number of aliphatic hydroxyl groups is 1. The zero-order valence-corrected chi connectivity index (χ0v) is 15.9. The van der Waals surface area contributed by atoms with E-state index in [1.807, 2.05) is 24.3 Å². The molecule has 8 heteroatoms. The minimum Gasteiger partial charge on any atom is -0.480 e. The summed E-state index contributed by atoms with van der Waals surface area (Å²) in [5, 5.41) is 23.5. The molecule has 2 aromatic carbocycles. The van der Waals surface area contributed by atoms with Crippen LogP contribution < -0.4 is 10.6 Å². The van der Waals surface area contributed by atoms with Crippen molar-refractivity contribution < 1.29 is 29.3 Å². The van der Waals surface area contributed by atoms with Gasteiger partial charge in [0, 0.05) is 6.42 Å². The van der Waals surface area contributed by atoms with Gasteiger partial charge in [0.15, 0.2) is 6.04 Å². The molecular weight excluding hydrogens is 376 g/mol. The van der Waals surface area contributed by atoms with Crippen LogP contribution in [0.25, 0.3) is 0 Å². The minimum atomic E-state index is -1.50. The van der Waals surface area contributed by atoms with E-state index in [0.717, 1.165) is 11.1 Å². The van der Waals surface area contributed by atoms with Crippen molar-refractivity contribution >= 4 is 18.0 Å². The van der Waals surface area contributed by atoms with Crippen molar-refractivity contribution in [2.75, 3.05) is 0 Å². The van der Waals surface area contributed by atoms with Gasteiger partial charge in [-0.05, 0) is 18.1 Å². The number of carbonyl (C=O) groups is 3. The maximum atomic E-state index is 12.6. The van der Waals surface area contributed by atoms with Gasteiger partial charge in [0.25, 0.3) is 0 Å². The minimum absolute atomic E-state index is 0.0256. The number of carboxylic acids is 1. The first-order valence-corrected chi connectivity index (χ1v) is 9.09. The van der Waals surface area contributed by atoms with Crippen LogP contribution in [0.15, 0.2) is 60.7 Å². The lowest BCUT2D eigenvalue weighted by molar-refractivity contribution is -0.145. The predicted octanol–water partition coefficient (Wildman–Crippen LogP) is 1.47. The third kappa shape index (κ3) is 7.27. The number of hydrogen-bond donors (Lipinski definition) is 4. The molecule has 0 unspecified atom stereocenters. The summed E-state index contributed by atoms with van der Waals surface area (Å²) in [6.07, 6.45) is -1.99. The molecule has 0 bridgehead atoms. The second-order valence-corrected chi connectivity index (χ2v) is 6.51. The molecule has 0 radical (unpaired) electrons. The number of rotatable bonds is 9. The summed E-state index contributed by atoms with van der Waals surface area (Å²) < 4.78 is 5.15. The Bertz CT molecular complexity index is 810. The highest BCUT2D eigenvalue weighted by Gasteiger charge is 2.29. The van der Waals surface area contributed by atoms with Crippen LogP contribution in [0.3, 0.4) is 0 Å². The Kier molecular flexibility index (Phi) is 8.17. The smallest absolute Gasteiger partial charge is 0.408 e. The van der Waals surface area contributed by atoms with E-state index in [2.05, 4.69) is 10.6 Å². The van der Waals surface area contributed by atoms with Crippen molar-refractivity contribution in [3.05, 3.63) is 71.8 Å². The van der Waals surface area contributed by atoms with Crippen LogP contribution in [-0.2, 0) is 27.4 Å². The maximum absolute atomic E-state index is 12.6. The molecule has 0 spiro atoms. The van der Waals surface area contributed by atoms with Crippen molar-refractivity contribution in [3.63, 3.8) is 0 Å². The van der Waals surface area contributed by atoms with Crippen molar-refractivity contribution in [3.8, 4) is 0 Å². The Balaban J connectivity index is 2.06. The molecule has 0 saturated heterocycles. The largest absolute Gasteiger partial charge is 0.480 e. The van der Waals surface area contributed by atoms with Gasteiger partial charge in [-0.3, -0.25) is 4.79 Å². The van der Waals surface area contributed by atoms with Crippen molar-refractivity contribution in [1.82, 2.24) is 10.6 Å². The average Bonchev–Trinajstić information content (AvgIpc) is 2.71. The molecular formula is C21H24N2O6. The van der Waals surface area contributed by atoms with Crippen LogP contribution in [0, 0.1) is 0 Å². The Morgan fingerprint density at radius 1 is 0.931 bits per heavy atom. The van der Waals surface area contributed by atoms with Gasteiger partial charge in [0.05, 0.1) is 6.10 Å². The lowest BCUT2D eigenvalue weighted by Crippen LogP contribution is -2.55. The first-order valence-electron chi connectivity index (χ1n) is 9.09. The molecule has 0 fully saturated rings. The first-order chi connectivity index (χ1) is 13.9. The zero-order chi connectivity index (χ0) is 21.2. The Morgan fingerprint density at radius 2 is 1.48 bits per heavy atom. The van der Waals surface area contributed by atoms with E-state index in [0.29, 0.717) is 0 Å². The number of carbonyl (C=O) groups excluding carboxylic acids is 2. The van der Waals surface area contributed by atoms with E-state index in [9.17, 15) is 19.5 Å². The summed E-state index contributed by atoms with van der Waals surface area (Å²) in [6.45, 7) is 1.28. The van der Waals surface area contributed by atoms with Crippen molar-refractivity contribution in [2.45, 2.75) is 38.1 Å². The number of ether oxygens (including phenoxy) is 1. The van der Waals surface area contributed by atoms with Crippen molar-refractivity contribution in [2.24, 2.45) is 0 Å². The van der Waals surface area contributed by atoms with Gasteiger partial charge in [0.1, 0.15) is 12.6 Å². The highest BCUT2D eigenvalue weighted by molar-refractivity contribution is 5.89. The monoisotopic (exact) mass is 400 g/mol. The topological polar surface area (TPSA) is 125 Å². The molecule has 2 rings (SSSR count). The fourth-order valence-electron chi connectivity index (χ4n) is 2.61. The Hall–Kier alpha value is -3.39. The Labute approximate surface area is 168 Å². The van der Waals surface area contributed by atoms with E-state index >= 15 is 0 Å². The quantitative estimate of drug-likeness (QED) is 0.505. The number of nitrogens with one attached hydrogen (secondary N) is 2. The number of hydrogen-bond acceptors (Lipinski definition) is 5. The van der Waals surface area contributed by atoms with E-state index in [1.54, 1.807) is 36.4 Å². The van der Waals surface area contributed by atoms with Gasteiger partial charge in [-0.2, -0.15) is 0 Å². The molecule has 154 valence electrons. The van der Waals surface area contributed by atoms with Crippen LogP contribution >= 0.6 is 0 Å². The number of aliphatic carboxylic acids is 1. The van der Waals surface area contributed by atoms with Gasteiger partial charge in [-0.1, -0.05) is 60.7 Å². The van der Waals surface area contributed by atoms with E-state index in [-0.39, 0.29) is 13.0 Å². The van der Waals surface area contributed by atoms with Gasteiger partial charge in [-0.15, -0.1) is 0 Å². The molecule has 0 aliphatic heterocycles. The standard InChI is InChI=1S/C21H24N2O6/c1-14(24)18(20(26)27)23-19(25)17(12-15-8-4-2-5-9-15)22-21(28)29-13-16-10-6-3-7-11-16/h2-11,14,17-18,24H,12-13H2,1H3,(H,22,28)(H,23,25)(H,26,27)/t14-,17-,18-/m0/s1. The first kappa shape index (κ1) is 21.9. The highest BCUT2D eigenvalue weighted by atomic mass is 16.5. The summed E-state index contributed by atoms with van der Waals surface area (Å²) in [5.74, 6) is -2.11. The van der Waals surface area contributed by atoms with Gasteiger partial charge >= 0.3 is 12.1 Å². The molecule has 4 N–H and O–H groups in total. The number of benzene rings is 2. The molecule has 0 aromatic heterocycles.